The molecule has 4 rings (SSSR count). The van der Waals surface area contributed by atoms with Gasteiger partial charge in [0.05, 0.1) is 17.1 Å². The number of imidazole rings is 1. The molecule has 0 aliphatic carbocycles. The van der Waals surface area contributed by atoms with Gasteiger partial charge in [-0.25, -0.2) is 4.98 Å². The molecular formula is C22H23F3N4O2S. The van der Waals surface area contributed by atoms with Crippen LogP contribution in [0, 0.1) is 0 Å². The highest BCUT2D eigenvalue weighted by molar-refractivity contribution is 7.99. The van der Waals surface area contributed by atoms with Gasteiger partial charge in [0.1, 0.15) is 5.75 Å². The number of H-pyrrole nitrogens is 1. The Morgan fingerprint density at radius 1 is 1.22 bits per heavy atom. The molecule has 170 valence electrons. The molecule has 1 aliphatic heterocycles. The topological polar surface area (TPSA) is 61.5 Å². The predicted molar refractivity (Wildman–Crippen MR) is 116 cm³/mol. The monoisotopic (exact) mass is 464 g/mol. The molecule has 1 aromatic heterocycles. The zero-order chi connectivity index (χ0) is 22.9. The van der Waals surface area contributed by atoms with Gasteiger partial charge in [0.2, 0.25) is 5.91 Å². The summed E-state index contributed by atoms with van der Waals surface area (Å²) in [4.78, 5) is 24.4. The lowest BCUT2D eigenvalue weighted by Gasteiger charge is -2.26. The van der Waals surface area contributed by atoms with Gasteiger partial charge in [0.25, 0.3) is 0 Å². The highest BCUT2D eigenvalue weighted by atomic mass is 32.2. The smallest absolute Gasteiger partial charge is 0.406 e. The number of rotatable bonds is 6. The summed E-state index contributed by atoms with van der Waals surface area (Å²) in [5.41, 5.74) is 2.67. The highest BCUT2D eigenvalue weighted by Gasteiger charge is 2.38. The van der Waals surface area contributed by atoms with E-state index in [9.17, 15) is 18.0 Å². The van der Waals surface area contributed by atoms with Crippen LogP contribution in [-0.4, -0.2) is 64.0 Å². The summed E-state index contributed by atoms with van der Waals surface area (Å²) in [6.45, 7) is 1.11. The van der Waals surface area contributed by atoms with E-state index in [-0.39, 0.29) is 22.9 Å². The van der Waals surface area contributed by atoms with E-state index in [4.69, 9.17) is 0 Å². The van der Waals surface area contributed by atoms with Crippen LogP contribution in [0.5, 0.6) is 5.75 Å². The summed E-state index contributed by atoms with van der Waals surface area (Å²) in [5, 5.41) is 0.958. The first-order valence-corrected chi connectivity index (χ1v) is 11.0. The van der Waals surface area contributed by atoms with Gasteiger partial charge < -0.3 is 14.6 Å². The van der Waals surface area contributed by atoms with E-state index in [1.165, 1.54) is 12.1 Å². The number of carbonyl (C=O) groups excluding carboxylic acids is 1. The van der Waals surface area contributed by atoms with Crippen molar-refractivity contribution in [3.8, 4) is 5.75 Å². The Bertz CT molecular complexity index is 1050. The van der Waals surface area contributed by atoms with Crippen LogP contribution >= 0.6 is 11.8 Å². The lowest BCUT2D eigenvalue weighted by atomic mass is 10.1. The molecule has 0 spiro atoms. The Labute approximate surface area is 187 Å². The second kappa shape index (κ2) is 9.03. The average Bonchev–Trinajstić information content (AvgIpc) is 3.31. The van der Waals surface area contributed by atoms with Gasteiger partial charge in [-0.2, -0.15) is 0 Å². The first-order chi connectivity index (χ1) is 15.2. The molecule has 32 heavy (non-hydrogen) atoms. The van der Waals surface area contributed by atoms with E-state index >= 15 is 0 Å². The Morgan fingerprint density at radius 2 is 1.94 bits per heavy atom. The molecule has 1 saturated heterocycles. The van der Waals surface area contributed by atoms with Crippen LogP contribution in [-0.2, 0) is 11.3 Å². The average molecular weight is 465 g/mol. The maximum atomic E-state index is 12.8. The molecule has 1 aliphatic rings. The van der Waals surface area contributed by atoms with Gasteiger partial charge in [-0.3, -0.25) is 9.69 Å². The lowest BCUT2D eigenvalue weighted by molar-refractivity contribution is -0.274. The van der Waals surface area contributed by atoms with Crippen LogP contribution in [0.1, 0.15) is 12.0 Å². The fourth-order valence-electron chi connectivity index (χ4n) is 3.85. The van der Waals surface area contributed by atoms with Crippen molar-refractivity contribution in [2.24, 2.45) is 0 Å². The zero-order valence-electron chi connectivity index (χ0n) is 17.6. The molecule has 0 radical (unpaired) electrons. The van der Waals surface area contributed by atoms with Crippen LogP contribution in [0.25, 0.3) is 11.0 Å². The number of alkyl halides is 3. The van der Waals surface area contributed by atoms with E-state index in [1.54, 1.807) is 42.9 Å². The van der Waals surface area contributed by atoms with Gasteiger partial charge >= 0.3 is 6.36 Å². The molecule has 0 saturated carbocycles. The van der Waals surface area contributed by atoms with Crippen molar-refractivity contribution in [2.45, 2.75) is 35.8 Å². The van der Waals surface area contributed by atoms with Crippen LogP contribution in [0.3, 0.4) is 0 Å². The minimum absolute atomic E-state index is 0.00901. The number of amides is 1. The number of fused-ring (bicyclic) bond motifs is 1. The van der Waals surface area contributed by atoms with Crippen LogP contribution in [0.15, 0.2) is 53.7 Å². The van der Waals surface area contributed by atoms with E-state index in [0.29, 0.717) is 19.5 Å². The molecule has 6 nitrogen and oxygen atoms in total. The molecule has 1 N–H and O–H groups in total. The van der Waals surface area contributed by atoms with Crippen LogP contribution < -0.4 is 4.74 Å². The quantitative estimate of drug-likeness (QED) is 0.590. The van der Waals surface area contributed by atoms with Crippen molar-refractivity contribution in [3.63, 3.8) is 0 Å². The van der Waals surface area contributed by atoms with E-state index in [2.05, 4.69) is 19.6 Å². The van der Waals surface area contributed by atoms with Crippen molar-refractivity contribution in [1.82, 2.24) is 19.8 Å². The third-order valence-corrected chi connectivity index (χ3v) is 6.37. The number of hydrogen-bond acceptors (Lipinski definition) is 5. The lowest BCUT2D eigenvalue weighted by Crippen LogP contribution is -2.42. The largest absolute Gasteiger partial charge is 0.573 e. The number of halogens is 3. The van der Waals surface area contributed by atoms with Crippen molar-refractivity contribution < 1.29 is 22.7 Å². The first kappa shape index (κ1) is 22.5. The Hall–Kier alpha value is -2.72. The number of hydrogen-bond donors (Lipinski definition) is 1. The summed E-state index contributed by atoms with van der Waals surface area (Å²) >= 11 is 1.61. The number of benzene rings is 2. The minimum atomic E-state index is -4.72. The summed E-state index contributed by atoms with van der Waals surface area (Å²) in [5.74, 6) is -0.253. The van der Waals surface area contributed by atoms with Crippen molar-refractivity contribution in [2.75, 3.05) is 20.6 Å². The second-order valence-corrected chi connectivity index (χ2v) is 9.19. The number of aromatic nitrogens is 2. The van der Waals surface area contributed by atoms with Gasteiger partial charge in [-0.05, 0) is 36.2 Å². The predicted octanol–water partition coefficient (Wildman–Crippen LogP) is 4.28. The maximum absolute atomic E-state index is 12.8. The number of carbonyl (C=O) groups is 1. The minimum Gasteiger partial charge on any atom is -0.406 e. The zero-order valence-corrected chi connectivity index (χ0v) is 18.4. The Morgan fingerprint density at radius 3 is 2.59 bits per heavy atom. The fraction of sp³-hybridized carbons (Fsp3) is 0.364. The molecule has 2 aromatic carbocycles. The van der Waals surface area contributed by atoms with Gasteiger partial charge in [-0.1, -0.05) is 36.0 Å². The first-order valence-electron chi connectivity index (χ1n) is 10.1. The molecule has 1 fully saturated rings. The third kappa shape index (κ3) is 5.36. The summed E-state index contributed by atoms with van der Waals surface area (Å²) < 4.78 is 41.1. The van der Waals surface area contributed by atoms with Crippen LogP contribution in [0.4, 0.5) is 13.2 Å². The molecule has 0 unspecified atom stereocenters. The number of ether oxygens (including phenoxy) is 1. The van der Waals surface area contributed by atoms with E-state index in [0.717, 1.165) is 21.8 Å². The molecule has 2 heterocycles. The van der Waals surface area contributed by atoms with Crippen molar-refractivity contribution in [1.29, 1.82) is 0 Å². The number of para-hydroxylation sites is 2. The molecule has 3 aromatic rings. The number of nitrogens with one attached hydrogen (secondary N) is 1. The highest BCUT2D eigenvalue weighted by Crippen LogP contribution is 2.34. The molecule has 0 bridgehead atoms. The Balaban J connectivity index is 1.47. The molecule has 1 amide bonds. The number of likely N-dealkylation sites (tertiary alicyclic amines) is 1. The maximum Gasteiger partial charge on any atom is 0.573 e. The normalized spacial score (nSPS) is 19.4. The third-order valence-electron chi connectivity index (χ3n) is 5.28. The fourth-order valence-corrected chi connectivity index (χ4v) is 5.03. The number of likely N-dealkylation sites (N-methyl/N-ethyl adjacent to an activating group) is 1. The number of nitrogens with zero attached hydrogens (tertiary/aromatic N) is 3. The van der Waals surface area contributed by atoms with Crippen molar-refractivity contribution in [3.05, 3.63) is 54.1 Å². The van der Waals surface area contributed by atoms with Crippen molar-refractivity contribution >= 4 is 28.7 Å². The second-order valence-electron chi connectivity index (χ2n) is 7.90. The van der Waals surface area contributed by atoms with Gasteiger partial charge in [-0.15, -0.1) is 13.2 Å². The molecule has 10 heteroatoms. The summed E-state index contributed by atoms with van der Waals surface area (Å²) in [6.07, 6.45) is -4.06. The van der Waals surface area contributed by atoms with E-state index in [1.807, 2.05) is 24.3 Å². The van der Waals surface area contributed by atoms with E-state index < -0.39 is 6.36 Å². The SMILES string of the molecule is CN(C)C(=O)[C@@H]1C[C@@H](Sc2nc3ccccc3[nH]2)CN1Cc1ccc(OC(F)(F)F)cc1. The van der Waals surface area contributed by atoms with Gasteiger partial charge in [0.15, 0.2) is 5.16 Å². The van der Waals surface area contributed by atoms with Crippen LogP contribution in [0.2, 0.25) is 0 Å². The number of aromatic amines is 1. The van der Waals surface area contributed by atoms with Gasteiger partial charge in [0, 0.05) is 32.4 Å². The number of thioether (sulfide) groups is 1. The Kier molecular flexibility index (Phi) is 6.34. The molecular weight excluding hydrogens is 441 g/mol. The summed E-state index contributed by atoms with van der Waals surface area (Å²) in [6, 6.07) is 13.3. The summed E-state index contributed by atoms with van der Waals surface area (Å²) in [7, 11) is 3.45. The molecule has 2 atom stereocenters. The standard InChI is InChI=1S/C22H23F3N4O2S/c1-28(2)20(30)19-11-16(32-21-26-17-5-3-4-6-18(17)27-21)13-29(19)12-14-7-9-15(10-8-14)31-22(23,24)25/h3-10,16,19H,11-13H2,1-2H3,(H,26,27)/t16-,19+/m1/s1.